The van der Waals surface area contributed by atoms with Crippen molar-refractivity contribution in [1.29, 1.82) is 0 Å². The fourth-order valence-electron chi connectivity index (χ4n) is 0.770. The number of rotatable bonds is 5. The van der Waals surface area contributed by atoms with Gasteiger partial charge in [-0.25, -0.2) is 4.79 Å². The minimum absolute atomic E-state index is 0.0457. The molecule has 0 rings (SSSR count). The van der Waals surface area contributed by atoms with Crippen LogP contribution in [0.2, 0.25) is 0 Å². The van der Waals surface area contributed by atoms with Gasteiger partial charge in [-0.3, -0.25) is 0 Å². The molecule has 0 aromatic carbocycles. The maximum atomic E-state index is 12.0. The van der Waals surface area contributed by atoms with Gasteiger partial charge in [-0.15, -0.1) is 0 Å². The number of carbonyl (C=O) groups is 1. The Morgan fingerprint density at radius 3 is 2.40 bits per heavy atom. The molecule has 0 aliphatic heterocycles. The maximum Gasteiger partial charge on any atom is 0.414 e. The van der Waals surface area contributed by atoms with Crippen molar-refractivity contribution in [3.05, 3.63) is 11.6 Å². The molecule has 1 unspecified atom stereocenters. The summed E-state index contributed by atoms with van der Waals surface area (Å²) in [5.41, 5.74) is 0.0457. The molecule has 15 heavy (non-hydrogen) atoms. The van der Waals surface area contributed by atoms with Crippen LogP contribution in [0.25, 0.3) is 0 Å². The first-order chi connectivity index (χ1) is 6.79. The van der Waals surface area contributed by atoms with Crippen molar-refractivity contribution < 1.29 is 27.8 Å². The van der Waals surface area contributed by atoms with Gasteiger partial charge < -0.3 is 9.84 Å². The van der Waals surface area contributed by atoms with Gasteiger partial charge in [0.1, 0.15) is 0 Å². The number of hydrogen-bond donors (Lipinski definition) is 1. The zero-order valence-corrected chi connectivity index (χ0v) is 8.47. The van der Waals surface area contributed by atoms with E-state index in [1.807, 2.05) is 0 Å². The molecule has 0 radical (unpaired) electrons. The molecule has 0 heterocycles. The summed E-state index contributed by atoms with van der Waals surface area (Å²) in [5.74, 6) is -1.14. The highest BCUT2D eigenvalue weighted by Gasteiger charge is 2.36. The van der Waals surface area contributed by atoms with Crippen LogP contribution in [0.1, 0.15) is 20.3 Å². The van der Waals surface area contributed by atoms with E-state index in [1.54, 1.807) is 6.92 Å². The molecule has 3 nitrogen and oxygen atoms in total. The van der Waals surface area contributed by atoms with Crippen molar-refractivity contribution in [3.63, 3.8) is 0 Å². The molecular weight excluding hydrogens is 213 g/mol. The molecule has 0 spiro atoms. The van der Waals surface area contributed by atoms with Gasteiger partial charge in [0.15, 0.2) is 6.10 Å². The molecule has 88 valence electrons. The summed E-state index contributed by atoms with van der Waals surface area (Å²) in [4.78, 5) is 10.5. The second-order valence-electron chi connectivity index (χ2n) is 2.91. The van der Waals surface area contributed by atoms with Crippen LogP contribution in [-0.4, -0.2) is 30.0 Å². The lowest BCUT2D eigenvalue weighted by molar-refractivity contribution is -0.211. The smallest absolute Gasteiger partial charge is 0.414 e. The molecule has 0 saturated heterocycles. The van der Waals surface area contributed by atoms with Crippen molar-refractivity contribution in [3.8, 4) is 0 Å². The topological polar surface area (TPSA) is 46.5 Å². The first-order valence-corrected chi connectivity index (χ1v) is 4.39. The van der Waals surface area contributed by atoms with Gasteiger partial charge in [0.2, 0.25) is 0 Å². The molecule has 0 aromatic heterocycles. The van der Waals surface area contributed by atoms with Crippen molar-refractivity contribution >= 4 is 5.97 Å². The Morgan fingerprint density at radius 1 is 1.53 bits per heavy atom. The number of carboxylic acid groups (broad SMARTS) is 1. The summed E-state index contributed by atoms with van der Waals surface area (Å²) in [5, 5.41) is 8.55. The monoisotopic (exact) mass is 226 g/mol. The van der Waals surface area contributed by atoms with E-state index in [1.165, 1.54) is 0 Å². The third-order valence-electron chi connectivity index (χ3n) is 1.79. The molecule has 1 N–H and O–H groups in total. The van der Waals surface area contributed by atoms with Crippen molar-refractivity contribution in [1.82, 2.24) is 0 Å². The molecule has 0 fully saturated rings. The molecular formula is C9H13F3O3. The molecule has 0 saturated carbocycles. The zero-order chi connectivity index (χ0) is 12.1. The van der Waals surface area contributed by atoms with Crippen LogP contribution in [0.4, 0.5) is 13.2 Å². The summed E-state index contributed by atoms with van der Waals surface area (Å²) >= 11 is 0. The highest BCUT2D eigenvalue weighted by atomic mass is 19.4. The molecule has 6 heteroatoms. The number of alkyl halides is 3. The van der Waals surface area contributed by atoms with Gasteiger partial charge in [0.05, 0.1) is 6.61 Å². The van der Waals surface area contributed by atoms with E-state index in [4.69, 9.17) is 5.11 Å². The number of halogens is 3. The standard InChI is InChI=1S/C9H13F3O3/c1-3-7(8(13)14)4-5-15-6(2)9(10,11)12/h4,6H,3,5H2,1-2H3,(H,13,14). The van der Waals surface area contributed by atoms with E-state index in [0.29, 0.717) is 0 Å². The number of hydrogen-bond acceptors (Lipinski definition) is 2. The van der Waals surface area contributed by atoms with E-state index < -0.39 is 18.2 Å². The van der Waals surface area contributed by atoms with Gasteiger partial charge in [-0.05, 0) is 19.4 Å². The van der Waals surface area contributed by atoms with E-state index in [0.717, 1.165) is 13.0 Å². The maximum absolute atomic E-state index is 12.0. The highest BCUT2D eigenvalue weighted by Crippen LogP contribution is 2.22. The fourth-order valence-corrected chi connectivity index (χ4v) is 0.770. The number of aliphatic carboxylic acids is 1. The van der Waals surface area contributed by atoms with E-state index in [2.05, 4.69) is 4.74 Å². The van der Waals surface area contributed by atoms with Gasteiger partial charge in [-0.1, -0.05) is 6.92 Å². The lowest BCUT2D eigenvalue weighted by atomic mass is 10.2. The van der Waals surface area contributed by atoms with E-state index >= 15 is 0 Å². The molecule has 0 aliphatic rings. The number of carboxylic acids is 1. The second-order valence-corrected chi connectivity index (χ2v) is 2.91. The number of ether oxygens (including phenoxy) is 1. The quantitative estimate of drug-likeness (QED) is 0.732. The van der Waals surface area contributed by atoms with Gasteiger partial charge >= 0.3 is 12.1 Å². The Morgan fingerprint density at radius 2 is 2.07 bits per heavy atom. The van der Waals surface area contributed by atoms with Crippen LogP contribution in [0, 0.1) is 0 Å². The average Bonchev–Trinajstić information content (AvgIpc) is 2.09. The van der Waals surface area contributed by atoms with Crippen molar-refractivity contribution in [2.75, 3.05) is 6.61 Å². The lowest BCUT2D eigenvalue weighted by Crippen LogP contribution is -2.28. The SMILES string of the molecule is CCC(=CCOC(C)C(F)(F)F)C(=O)O. The Bertz CT molecular complexity index is 245. The third-order valence-corrected chi connectivity index (χ3v) is 1.79. The Labute approximate surface area is 85.5 Å². The van der Waals surface area contributed by atoms with E-state index in [9.17, 15) is 18.0 Å². The van der Waals surface area contributed by atoms with Crippen LogP contribution in [0.5, 0.6) is 0 Å². The van der Waals surface area contributed by atoms with Crippen LogP contribution in [0.3, 0.4) is 0 Å². The van der Waals surface area contributed by atoms with Gasteiger partial charge in [0, 0.05) is 5.57 Å². The fraction of sp³-hybridized carbons (Fsp3) is 0.667. The molecule has 0 amide bonds. The molecule has 1 atom stereocenters. The minimum Gasteiger partial charge on any atom is -0.478 e. The normalized spacial score (nSPS) is 15.1. The highest BCUT2D eigenvalue weighted by molar-refractivity contribution is 5.86. The van der Waals surface area contributed by atoms with Gasteiger partial charge in [0.25, 0.3) is 0 Å². The third kappa shape index (κ3) is 5.41. The Kier molecular flexibility index (Phi) is 5.35. The molecule has 0 aromatic rings. The average molecular weight is 226 g/mol. The van der Waals surface area contributed by atoms with Crippen LogP contribution in [0.15, 0.2) is 11.6 Å². The zero-order valence-electron chi connectivity index (χ0n) is 8.47. The summed E-state index contributed by atoms with van der Waals surface area (Å²) in [6, 6.07) is 0. The summed E-state index contributed by atoms with van der Waals surface area (Å²) < 4.78 is 40.3. The lowest BCUT2D eigenvalue weighted by Gasteiger charge is -2.15. The van der Waals surface area contributed by atoms with Crippen molar-refractivity contribution in [2.45, 2.75) is 32.5 Å². The largest absolute Gasteiger partial charge is 0.478 e. The van der Waals surface area contributed by atoms with Crippen LogP contribution >= 0.6 is 0 Å². The first kappa shape index (κ1) is 14.0. The summed E-state index contributed by atoms with van der Waals surface area (Å²) in [6.07, 6.45) is -4.91. The summed E-state index contributed by atoms with van der Waals surface area (Å²) in [7, 11) is 0. The van der Waals surface area contributed by atoms with Crippen LogP contribution < -0.4 is 0 Å². The van der Waals surface area contributed by atoms with Crippen molar-refractivity contribution in [2.24, 2.45) is 0 Å². The first-order valence-electron chi connectivity index (χ1n) is 4.39. The van der Waals surface area contributed by atoms with Crippen LogP contribution in [-0.2, 0) is 9.53 Å². The predicted molar refractivity (Wildman–Crippen MR) is 47.5 cm³/mol. The summed E-state index contributed by atoms with van der Waals surface area (Å²) in [6.45, 7) is 2.13. The second kappa shape index (κ2) is 5.75. The molecule has 0 aliphatic carbocycles. The minimum atomic E-state index is -4.41. The Hall–Kier alpha value is -1.04. The van der Waals surface area contributed by atoms with Gasteiger partial charge in [-0.2, -0.15) is 13.2 Å². The Balaban J connectivity index is 4.12. The molecule has 0 bridgehead atoms. The van der Waals surface area contributed by atoms with E-state index in [-0.39, 0.29) is 18.6 Å². The predicted octanol–water partition coefficient (Wildman–Crippen LogP) is 2.37.